The number of hydrogen-bond donors (Lipinski definition) is 0. The standard InChI is InChI=1S/C38H46F2O3/c1-5-25-17-19-38(20-18-25)23-33(28-13-15-31(16-14-28)37(4,39)40)36(43)34(38)22-26(6-2)27-9-11-29(12-10-27)35(42)32-21-30(32)8-7-24(3)41/h9-16,23,25-26,30,32,34H,5-8,17-22H2,1-4H3. The van der Waals surface area contributed by atoms with Crippen LogP contribution >= 0.6 is 0 Å². The third-order valence-corrected chi connectivity index (χ3v) is 10.8. The number of rotatable bonds is 12. The Morgan fingerprint density at radius 1 is 1.00 bits per heavy atom. The minimum Gasteiger partial charge on any atom is -0.300 e. The van der Waals surface area contributed by atoms with Crippen LogP contribution in [0.3, 0.4) is 0 Å². The number of allylic oxidation sites excluding steroid dienone is 2. The van der Waals surface area contributed by atoms with Crippen LogP contribution in [0.2, 0.25) is 0 Å². The molecule has 5 rings (SSSR count). The molecule has 2 aromatic carbocycles. The van der Waals surface area contributed by atoms with Crippen molar-refractivity contribution in [2.75, 3.05) is 0 Å². The third kappa shape index (κ3) is 6.76. The van der Waals surface area contributed by atoms with Crippen LogP contribution in [-0.4, -0.2) is 17.3 Å². The van der Waals surface area contributed by atoms with Crippen LogP contribution in [0.5, 0.6) is 0 Å². The molecule has 0 aromatic heterocycles. The maximum atomic E-state index is 14.2. The highest BCUT2D eigenvalue weighted by Gasteiger charge is 2.50. The Balaban J connectivity index is 1.34. The molecule has 2 saturated carbocycles. The van der Waals surface area contributed by atoms with Gasteiger partial charge in [-0.3, -0.25) is 9.59 Å². The van der Waals surface area contributed by atoms with Gasteiger partial charge in [0.1, 0.15) is 5.78 Å². The van der Waals surface area contributed by atoms with E-state index < -0.39 is 5.92 Å². The lowest BCUT2D eigenvalue weighted by Crippen LogP contribution is -2.34. The van der Waals surface area contributed by atoms with Gasteiger partial charge in [-0.15, -0.1) is 0 Å². The highest BCUT2D eigenvalue weighted by Crippen LogP contribution is 2.56. The Morgan fingerprint density at radius 3 is 2.21 bits per heavy atom. The summed E-state index contributed by atoms with van der Waals surface area (Å²) in [5, 5.41) is 0. The first kappa shape index (κ1) is 31.5. The molecule has 3 nitrogen and oxygen atoms in total. The Bertz CT molecular complexity index is 1360. The third-order valence-electron chi connectivity index (χ3n) is 10.8. The molecular formula is C38H46F2O3. The van der Waals surface area contributed by atoms with Crippen molar-refractivity contribution in [1.29, 1.82) is 0 Å². The van der Waals surface area contributed by atoms with Crippen LogP contribution in [0.1, 0.15) is 125 Å². The summed E-state index contributed by atoms with van der Waals surface area (Å²) in [6, 6.07) is 14.3. The fraction of sp³-hybridized carbons (Fsp3) is 0.553. The largest absolute Gasteiger partial charge is 0.300 e. The molecule has 4 atom stereocenters. The van der Waals surface area contributed by atoms with Gasteiger partial charge in [0, 0.05) is 41.9 Å². The smallest absolute Gasteiger partial charge is 0.270 e. The minimum atomic E-state index is -2.92. The van der Waals surface area contributed by atoms with Crippen LogP contribution in [0, 0.1) is 29.1 Å². The molecule has 0 amide bonds. The van der Waals surface area contributed by atoms with Crippen LogP contribution in [0.4, 0.5) is 8.78 Å². The van der Waals surface area contributed by atoms with Crippen molar-refractivity contribution >= 4 is 22.9 Å². The van der Waals surface area contributed by atoms with Gasteiger partial charge in [-0.2, -0.15) is 0 Å². The van der Waals surface area contributed by atoms with E-state index in [1.165, 1.54) is 12.1 Å². The molecule has 0 heterocycles. The van der Waals surface area contributed by atoms with Gasteiger partial charge >= 0.3 is 0 Å². The van der Waals surface area contributed by atoms with Crippen LogP contribution in [-0.2, 0) is 15.5 Å². The molecule has 3 aliphatic carbocycles. The molecule has 43 heavy (non-hydrogen) atoms. The van der Waals surface area contributed by atoms with E-state index in [4.69, 9.17) is 0 Å². The zero-order valence-corrected chi connectivity index (χ0v) is 26.1. The fourth-order valence-electron chi connectivity index (χ4n) is 7.77. The average molecular weight is 589 g/mol. The predicted octanol–water partition coefficient (Wildman–Crippen LogP) is 9.74. The van der Waals surface area contributed by atoms with Crippen LogP contribution < -0.4 is 0 Å². The second-order valence-electron chi connectivity index (χ2n) is 13.7. The molecule has 5 heteroatoms. The number of carbonyl (C=O) groups excluding carboxylic acids is 3. The van der Waals surface area contributed by atoms with Gasteiger partial charge in [0.05, 0.1) is 0 Å². The summed E-state index contributed by atoms with van der Waals surface area (Å²) in [7, 11) is 0. The number of ketones is 3. The zero-order valence-electron chi connectivity index (χ0n) is 26.1. The Hall–Kier alpha value is -2.95. The minimum absolute atomic E-state index is 0.0310. The molecule has 0 bridgehead atoms. The molecule has 0 radical (unpaired) electrons. The SMILES string of the molecule is CCC1CCC2(C=C(c3ccc(C(C)(F)F)cc3)C(=O)C2CC(CC)c2ccc(C(=O)C3CC3CCC(C)=O)cc2)CC1. The van der Waals surface area contributed by atoms with Gasteiger partial charge in [0.15, 0.2) is 11.6 Å². The maximum Gasteiger partial charge on any atom is 0.270 e. The van der Waals surface area contributed by atoms with Gasteiger partial charge in [0.2, 0.25) is 0 Å². The second kappa shape index (κ2) is 12.6. The topological polar surface area (TPSA) is 51.2 Å². The van der Waals surface area contributed by atoms with Gasteiger partial charge in [-0.25, -0.2) is 8.78 Å². The van der Waals surface area contributed by atoms with E-state index in [9.17, 15) is 23.2 Å². The van der Waals surface area contributed by atoms with Crippen molar-refractivity contribution in [2.24, 2.45) is 29.1 Å². The van der Waals surface area contributed by atoms with E-state index >= 15 is 0 Å². The van der Waals surface area contributed by atoms with E-state index in [0.717, 1.165) is 81.4 Å². The summed E-state index contributed by atoms with van der Waals surface area (Å²) in [6.45, 7) is 6.89. The lowest BCUT2D eigenvalue weighted by molar-refractivity contribution is -0.120. The second-order valence-corrected chi connectivity index (χ2v) is 13.7. The number of alkyl halides is 2. The van der Waals surface area contributed by atoms with E-state index in [1.54, 1.807) is 19.1 Å². The van der Waals surface area contributed by atoms with Gasteiger partial charge in [-0.05, 0) is 92.6 Å². The lowest BCUT2D eigenvalue weighted by atomic mass is 9.62. The van der Waals surface area contributed by atoms with E-state index in [-0.39, 0.29) is 46.1 Å². The highest BCUT2D eigenvalue weighted by atomic mass is 19.3. The molecule has 0 aliphatic heterocycles. The number of Topliss-reactive ketones (excluding diaryl/α,β-unsaturated/α-hetero) is 3. The van der Waals surface area contributed by atoms with Crippen molar-refractivity contribution in [2.45, 2.75) is 104 Å². The van der Waals surface area contributed by atoms with E-state index in [0.29, 0.717) is 23.8 Å². The van der Waals surface area contributed by atoms with Crippen molar-refractivity contribution in [3.05, 3.63) is 76.9 Å². The number of benzene rings is 2. The summed E-state index contributed by atoms with van der Waals surface area (Å²) in [6.07, 6.45) is 11.4. The van der Waals surface area contributed by atoms with Gasteiger partial charge in [-0.1, -0.05) is 74.9 Å². The molecule has 2 fully saturated rings. The zero-order chi connectivity index (χ0) is 30.9. The summed E-state index contributed by atoms with van der Waals surface area (Å²) >= 11 is 0. The Kier molecular flexibility index (Phi) is 9.20. The molecule has 4 unspecified atom stereocenters. The maximum absolute atomic E-state index is 14.2. The van der Waals surface area contributed by atoms with E-state index in [2.05, 4.69) is 32.1 Å². The quantitative estimate of drug-likeness (QED) is 0.232. The number of hydrogen-bond acceptors (Lipinski definition) is 3. The van der Waals surface area contributed by atoms with Crippen LogP contribution in [0.25, 0.3) is 5.57 Å². The highest BCUT2D eigenvalue weighted by molar-refractivity contribution is 6.24. The summed E-state index contributed by atoms with van der Waals surface area (Å²) in [4.78, 5) is 38.5. The first-order chi connectivity index (χ1) is 20.5. The molecule has 0 N–H and O–H groups in total. The Labute approximate surface area is 255 Å². The van der Waals surface area contributed by atoms with E-state index in [1.807, 2.05) is 12.1 Å². The van der Waals surface area contributed by atoms with Crippen molar-refractivity contribution < 1.29 is 23.2 Å². The first-order valence-electron chi connectivity index (χ1n) is 16.3. The molecule has 1 spiro atoms. The molecule has 2 aromatic rings. The first-order valence-corrected chi connectivity index (χ1v) is 16.3. The normalized spacial score (nSPS) is 27.7. The van der Waals surface area contributed by atoms with Gasteiger partial charge in [0.25, 0.3) is 5.92 Å². The van der Waals surface area contributed by atoms with Crippen molar-refractivity contribution in [1.82, 2.24) is 0 Å². The molecule has 0 saturated heterocycles. The van der Waals surface area contributed by atoms with Crippen LogP contribution in [0.15, 0.2) is 54.6 Å². The average Bonchev–Trinajstić information content (AvgIpc) is 3.73. The predicted molar refractivity (Wildman–Crippen MR) is 167 cm³/mol. The summed E-state index contributed by atoms with van der Waals surface area (Å²) in [5.41, 5.74) is 3.05. The number of carbonyl (C=O) groups is 3. The molecule has 3 aliphatic rings. The number of halogens is 2. The lowest BCUT2D eigenvalue weighted by Gasteiger charge is -2.41. The van der Waals surface area contributed by atoms with Gasteiger partial charge < -0.3 is 4.79 Å². The summed E-state index contributed by atoms with van der Waals surface area (Å²) < 4.78 is 27.8. The molecular weight excluding hydrogens is 542 g/mol. The fourth-order valence-corrected chi connectivity index (χ4v) is 7.77. The van der Waals surface area contributed by atoms with Crippen molar-refractivity contribution in [3.8, 4) is 0 Å². The monoisotopic (exact) mass is 588 g/mol. The molecule has 230 valence electrons. The van der Waals surface area contributed by atoms with Crippen molar-refractivity contribution in [3.63, 3.8) is 0 Å². The Morgan fingerprint density at radius 2 is 1.65 bits per heavy atom. The summed E-state index contributed by atoms with van der Waals surface area (Å²) in [5.74, 6) is -1.36.